The first-order valence-electron chi connectivity index (χ1n) is 13.2. The number of rotatable bonds is 18. The summed E-state index contributed by atoms with van der Waals surface area (Å²) in [5.41, 5.74) is 23.2. The van der Waals surface area contributed by atoms with Gasteiger partial charge in [0.2, 0.25) is 23.6 Å². The minimum atomic E-state index is -1.42. The van der Waals surface area contributed by atoms with Crippen LogP contribution in [0.2, 0.25) is 0 Å². The Morgan fingerprint density at radius 3 is 2.12 bits per heavy atom. The Morgan fingerprint density at radius 1 is 0.881 bits per heavy atom. The Labute approximate surface area is 242 Å². The van der Waals surface area contributed by atoms with E-state index in [0.717, 1.165) is 0 Å². The highest BCUT2D eigenvalue weighted by molar-refractivity contribution is 5.94. The lowest BCUT2D eigenvalue weighted by atomic mass is 10.0. The number of benzene rings is 1. The maximum atomic E-state index is 13.5. The van der Waals surface area contributed by atoms with Gasteiger partial charge in [0.1, 0.15) is 18.1 Å². The summed E-state index contributed by atoms with van der Waals surface area (Å²) in [7, 11) is 0. The maximum Gasteiger partial charge on any atom is 0.326 e. The van der Waals surface area contributed by atoms with Crippen LogP contribution < -0.4 is 38.9 Å². The minimum absolute atomic E-state index is 0.00851. The third-order valence-corrected chi connectivity index (χ3v) is 6.12. The lowest BCUT2D eigenvalue weighted by Gasteiger charge is -2.25. The number of carboxylic acids is 1. The molecule has 2 aromatic rings. The largest absolute Gasteiger partial charge is 0.480 e. The van der Waals surface area contributed by atoms with Crippen LogP contribution in [0.3, 0.4) is 0 Å². The van der Waals surface area contributed by atoms with Crippen LogP contribution in [0.1, 0.15) is 36.9 Å². The number of amides is 4. The maximum absolute atomic E-state index is 13.5. The van der Waals surface area contributed by atoms with E-state index in [4.69, 9.17) is 22.9 Å². The van der Waals surface area contributed by atoms with E-state index in [2.05, 4.69) is 30.9 Å². The molecule has 16 heteroatoms. The van der Waals surface area contributed by atoms with Crippen molar-refractivity contribution in [3.63, 3.8) is 0 Å². The van der Waals surface area contributed by atoms with E-state index in [-0.39, 0.29) is 44.6 Å². The summed E-state index contributed by atoms with van der Waals surface area (Å²) < 4.78 is 0. The smallest absolute Gasteiger partial charge is 0.326 e. The number of imidazole rings is 1. The van der Waals surface area contributed by atoms with Crippen LogP contribution in [0.15, 0.2) is 47.8 Å². The molecule has 0 aliphatic rings. The molecule has 2 rings (SSSR count). The quantitative estimate of drug-likeness (QED) is 0.0498. The number of nitrogens with two attached hydrogens (primary N) is 4. The molecule has 16 nitrogen and oxygen atoms in total. The van der Waals surface area contributed by atoms with Crippen molar-refractivity contribution in [1.82, 2.24) is 25.9 Å². The topological polar surface area (TPSA) is 287 Å². The number of hydrogen-bond donors (Lipinski definition) is 9. The summed E-state index contributed by atoms with van der Waals surface area (Å²) in [5.74, 6) is -4.36. The summed E-state index contributed by atoms with van der Waals surface area (Å²) >= 11 is 0. The molecule has 0 spiro atoms. The lowest BCUT2D eigenvalue weighted by molar-refractivity contribution is -0.142. The number of aromatic nitrogens is 2. The Bertz CT molecular complexity index is 1220. The monoisotopic (exact) mass is 586 g/mol. The second-order valence-corrected chi connectivity index (χ2v) is 9.55. The van der Waals surface area contributed by atoms with E-state index >= 15 is 0 Å². The highest BCUT2D eigenvalue weighted by Gasteiger charge is 2.30. The third kappa shape index (κ3) is 12.0. The molecular formula is C26H38N10O6. The van der Waals surface area contributed by atoms with Crippen molar-refractivity contribution in [2.24, 2.45) is 27.9 Å². The van der Waals surface area contributed by atoms with Gasteiger partial charge in [-0.25, -0.2) is 9.78 Å². The number of carbonyl (C=O) groups excluding carboxylic acids is 4. The van der Waals surface area contributed by atoms with Crippen LogP contribution in [0.25, 0.3) is 0 Å². The van der Waals surface area contributed by atoms with Crippen LogP contribution in [0.4, 0.5) is 0 Å². The molecule has 4 amide bonds. The van der Waals surface area contributed by atoms with Crippen molar-refractivity contribution >= 4 is 35.6 Å². The molecule has 0 fully saturated rings. The molecule has 0 aliphatic carbocycles. The number of nitrogens with zero attached hydrogens (tertiary/aromatic N) is 2. The van der Waals surface area contributed by atoms with E-state index in [1.807, 2.05) is 0 Å². The van der Waals surface area contributed by atoms with Gasteiger partial charge in [-0.15, -0.1) is 0 Å². The minimum Gasteiger partial charge on any atom is -0.480 e. The fraction of sp³-hybridized carbons (Fsp3) is 0.423. The predicted octanol–water partition coefficient (Wildman–Crippen LogP) is -2.62. The third-order valence-electron chi connectivity index (χ3n) is 6.12. The molecule has 13 N–H and O–H groups in total. The van der Waals surface area contributed by atoms with Crippen molar-refractivity contribution in [2.45, 2.75) is 62.7 Å². The van der Waals surface area contributed by atoms with Crippen molar-refractivity contribution in [1.29, 1.82) is 0 Å². The molecular weight excluding hydrogens is 548 g/mol. The number of carbonyl (C=O) groups is 5. The van der Waals surface area contributed by atoms with E-state index in [1.54, 1.807) is 30.3 Å². The van der Waals surface area contributed by atoms with Crippen LogP contribution in [-0.2, 0) is 36.8 Å². The van der Waals surface area contributed by atoms with Gasteiger partial charge in [-0.3, -0.25) is 24.2 Å². The molecule has 0 saturated carbocycles. The number of aliphatic imine (C=N–C) groups is 1. The van der Waals surface area contributed by atoms with Gasteiger partial charge in [0, 0.05) is 37.7 Å². The zero-order valence-corrected chi connectivity index (χ0v) is 23.0. The van der Waals surface area contributed by atoms with Gasteiger partial charge in [-0.2, -0.15) is 0 Å². The molecule has 4 unspecified atom stereocenters. The first-order valence-corrected chi connectivity index (χ1v) is 13.2. The number of carboxylic acid groups (broad SMARTS) is 1. The molecule has 0 aliphatic heterocycles. The second-order valence-electron chi connectivity index (χ2n) is 9.55. The fourth-order valence-electron chi connectivity index (χ4n) is 3.92. The first-order chi connectivity index (χ1) is 20.0. The van der Waals surface area contributed by atoms with Crippen molar-refractivity contribution in [3.8, 4) is 0 Å². The van der Waals surface area contributed by atoms with Crippen LogP contribution in [-0.4, -0.2) is 81.3 Å². The molecule has 42 heavy (non-hydrogen) atoms. The number of primary amides is 1. The summed E-state index contributed by atoms with van der Waals surface area (Å²) in [6.07, 6.45) is 3.00. The summed E-state index contributed by atoms with van der Waals surface area (Å²) in [4.78, 5) is 73.1. The van der Waals surface area contributed by atoms with Crippen LogP contribution in [0.5, 0.6) is 0 Å². The van der Waals surface area contributed by atoms with Gasteiger partial charge < -0.3 is 49.0 Å². The summed E-state index contributed by atoms with van der Waals surface area (Å²) in [6.45, 7) is 0.177. The van der Waals surface area contributed by atoms with E-state index in [9.17, 15) is 29.1 Å². The van der Waals surface area contributed by atoms with Crippen molar-refractivity contribution < 1.29 is 29.1 Å². The van der Waals surface area contributed by atoms with Crippen molar-refractivity contribution in [3.05, 3.63) is 54.1 Å². The number of guanidine groups is 1. The van der Waals surface area contributed by atoms with E-state index in [1.165, 1.54) is 12.5 Å². The molecule has 228 valence electrons. The van der Waals surface area contributed by atoms with E-state index < -0.39 is 53.8 Å². The fourth-order valence-corrected chi connectivity index (χ4v) is 3.92. The molecule has 1 aromatic heterocycles. The lowest BCUT2D eigenvalue weighted by Crippen LogP contribution is -2.57. The van der Waals surface area contributed by atoms with Crippen molar-refractivity contribution in [2.75, 3.05) is 6.54 Å². The molecule has 0 saturated heterocycles. The van der Waals surface area contributed by atoms with Crippen LogP contribution in [0, 0.1) is 0 Å². The van der Waals surface area contributed by atoms with Gasteiger partial charge in [-0.05, 0) is 24.8 Å². The van der Waals surface area contributed by atoms with Gasteiger partial charge in [0.25, 0.3) is 0 Å². The first kappa shape index (κ1) is 33.2. The summed E-state index contributed by atoms with van der Waals surface area (Å²) in [5, 5.41) is 17.1. The van der Waals surface area contributed by atoms with Gasteiger partial charge in [0.05, 0.1) is 12.4 Å². The highest BCUT2D eigenvalue weighted by Crippen LogP contribution is 2.08. The Balaban J connectivity index is 2.23. The highest BCUT2D eigenvalue weighted by atomic mass is 16.4. The Hall–Kier alpha value is -4.99. The molecule has 4 atom stereocenters. The summed E-state index contributed by atoms with van der Waals surface area (Å²) in [6, 6.07) is 3.94. The number of aliphatic carboxylic acids is 1. The van der Waals surface area contributed by atoms with Gasteiger partial charge >= 0.3 is 5.97 Å². The number of hydrogen-bond acceptors (Lipinski definition) is 8. The average molecular weight is 587 g/mol. The Kier molecular flexibility index (Phi) is 13.4. The Morgan fingerprint density at radius 2 is 1.52 bits per heavy atom. The molecule has 1 heterocycles. The number of aromatic amines is 1. The van der Waals surface area contributed by atoms with Gasteiger partial charge in [-0.1, -0.05) is 30.3 Å². The SMILES string of the molecule is NC(=O)CCC(NC(=O)C(Cc1ccccc1)NC(=O)C(CCCN=C(N)N)NC(=O)C(N)Cc1cnc[nH]1)C(=O)O. The van der Waals surface area contributed by atoms with Crippen LogP contribution >= 0.6 is 0 Å². The van der Waals surface area contributed by atoms with Gasteiger partial charge in [0.15, 0.2) is 5.96 Å². The zero-order valence-electron chi connectivity index (χ0n) is 23.0. The molecule has 1 aromatic carbocycles. The zero-order chi connectivity index (χ0) is 31.1. The predicted molar refractivity (Wildman–Crippen MR) is 152 cm³/mol. The molecule has 0 bridgehead atoms. The number of nitrogens with one attached hydrogen (secondary N) is 4. The standard InChI is InChI=1S/C26H38N10O6/c27-17(12-16-13-31-14-33-16)22(38)34-18(7-4-10-32-26(29)30)23(39)36-20(11-15-5-2-1-3-6-15)24(40)35-19(25(41)42)8-9-21(28)37/h1-3,5-6,13-14,17-20H,4,7-12,27H2,(H2,28,37)(H,31,33)(H,34,38)(H,35,40)(H,36,39)(H,41,42)(H4,29,30,32). The second kappa shape index (κ2) is 17.0. The normalized spacial score (nSPS) is 13.5. The van der Waals surface area contributed by atoms with E-state index in [0.29, 0.717) is 17.7 Å². The average Bonchev–Trinajstić information content (AvgIpc) is 3.45. The molecule has 0 radical (unpaired) electrons. The number of H-pyrrole nitrogens is 1.